The summed E-state index contributed by atoms with van der Waals surface area (Å²) in [6.45, 7) is 1.85. The molecular formula is C16H20ClF3N4O2. The maximum atomic E-state index is 13.3. The fourth-order valence-electron chi connectivity index (χ4n) is 3.27. The summed E-state index contributed by atoms with van der Waals surface area (Å²) in [5.74, 6) is -0.613. The molecule has 1 aromatic heterocycles. The van der Waals surface area contributed by atoms with E-state index in [2.05, 4.69) is 15.5 Å². The quantitative estimate of drug-likeness (QED) is 0.741. The standard InChI is InChI=1S/C16H19F3N4O2.ClH/c1-8(9-2-4-11(20)6-9)21-13-7-10(14-22-23-15(24)25-14)3-5-12(13)16(17,18)19;/h3,5,7-9,11,21H,2,4,6,20H2,1H3,(H,23,24);1H/t8?,9-,11+;/m1./s1. The van der Waals surface area contributed by atoms with Crippen molar-refractivity contribution in [3.8, 4) is 11.5 Å². The summed E-state index contributed by atoms with van der Waals surface area (Å²) >= 11 is 0. The topological polar surface area (TPSA) is 96.9 Å². The number of hydrogen-bond acceptors (Lipinski definition) is 5. The number of alkyl halides is 3. The van der Waals surface area contributed by atoms with Crippen molar-refractivity contribution in [1.82, 2.24) is 10.2 Å². The Morgan fingerprint density at radius 1 is 1.38 bits per heavy atom. The van der Waals surface area contributed by atoms with Crippen LogP contribution in [0.25, 0.3) is 11.5 Å². The lowest BCUT2D eigenvalue weighted by atomic mass is 9.98. The molecule has 1 saturated carbocycles. The van der Waals surface area contributed by atoms with Gasteiger partial charge >= 0.3 is 11.9 Å². The smallest absolute Gasteiger partial charge is 0.388 e. The maximum absolute atomic E-state index is 13.3. The van der Waals surface area contributed by atoms with Gasteiger partial charge in [0, 0.05) is 23.3 Å². The van der Waals surface area contributed by atoms with E-state index in [1.165, 1.54) is 12.1 Å². The van der Waals surface area contributed by atoms with Crippen molar-refractivity contribution in [3.63, 3.8) is 0 Å². The van der Waals surface area contributed by atoms with E-state index in [0.29, 0.717) is 0 Å². The van der Waals surface area contributed by atoms with Gasteiger partial charge in [0.25, 0.3) is 0 Å². The molecule has 0 bridgehead atoms. The molecule has 6 nitrogen and oxygen atoms in total. The van der Waals surface area contributed by atoms with E-state index in [-0.39, 0.29) is 47.6 Å². The number of rotatable bonds is 4. The molecule has 1 aliphatic rings. The van der Waals surface area contributed by atoms with Crippen LogP contribution in [-0.2, 0) is 6.18 Å². The summed E-state index contributed by atoms with van der Waals surface area (Å²) in [5.41, 5.74) is 5.34. The van der Waals surface area contributed by atoms with E-state index in [4.69, 9.17) is 10.2 Å². The highest BCUT2D eigenvalue weighted by molar-refractivity contribution is 5.85. The molecule has 144 valence electrons. The van der Waals surface area contributed by atoms with Crippen molar-refractivity contribution in [1.29, 1.82) is 0 Å². The molecule has 0 radical (unpaired) electrons. The van der Waals surface area contributed by atoms with Gasteiger partial charge in [-0.3, -0.25) is 0 Å². The van der Waals surface area contributed by atoms with Gasteiger partial charge in [0.1, 0.15) is 0 Å². The summed E-state index contributed by atoms with van der Waals surface area (Å²) in [7, 11) is 0. The summed E-state index contributed by atoms with van der Waals surface area (Å²) in [5, 5.41) is 8.71. The molecule has 1 aliphatic carbocycles. The Bertz CT molecular complexity index is 805. The van der Waals surface area contributed by atoms with Crippen LogP contribution in [0, 0.1) is 5.92 Å². The Morgan fingerprint density at radius 3 is 2.65 bits per heavy atom. The zero-order chi connectivity index (χ0) is 18.2. The fraction of sp³-hybridized carbons (Fsp3) is 0.500. The molecule has 1 fully saturated rings. The minimum Gasteiger partial charge on any atom is -0.388 e. The molecule has 3 rings (SSSR count). The lowest BCUT2D eigenvalue weighted by molar-refractivity contribution is -0.137. The molecule has 10 heteroatoms. The molecule has 0 saturated heterocycles. The zero-order valence-corrected chi connectivity index (χ0v) is 14.8. The number of anilines is 1. The average molecular weight is 393 g/mol. The number of nitrogens with zero attached hydrogens (tertiary/aromatic N) is 1. The van der Waals surface area contributed by atoms with Crippen LogP contribution in [-0.4, -0.2) is 22.3 Å². The number of aromatic nitrogens is 2. The normalized spacial score (nSPS) is 21.3. The van der Waals surface area contributed by atoms with Crippen LogP contribution in [0.3, 0.4) is 0 Å². The predicted octanol–water partition coefficient (Wildman–Crippen LogP) is 3.40. The number of aromatic amines is 1. The molecule has 0 aliphatic heterocycles. The molecule has 26 heavy (non-hydrogen) atoms. The second-order valence-electron chi connectivity index (χ2n) is 6.44. The van der Waals surface area contributed by atoms with Gasteiger partial charge in [-0.05, 0) is 50.3 Å². The predicted molar refractivity (Wildman–Crippen MR) is 93.2 cm³/mol. The van der Waals surface area contributed by atoms with E-state index >= 15 is 0 Å². The average Bonchev–Trinajstić information content (AvgIpc) is 3.14. The Morgan fingerprint density at radius 2 is 2.12 bits per heavy atom. The van der Waals surface area contributed by atoms with Gasteiger partial charge in [0.15, 0.2) is 0 Å². The van der Waals surface area contributed by atoms with E-state index in [1.807, 2.05) is 6.92 Å². The van der Waals surface area contributed by atoms with E-state index < -0.39 is 17.5 Å². The second-order valence-corrected chi connectivity index (χ2v) is 6.44. The molecule has 1 heterocycles. The Kier molecular flexibility index (Phi) is 6.02. The number of nitrogens with two attached hydrogens (primary N) is 1. The number of benzene rings is 1. The highest BCUT2D eigenvalue weighted by Gasteiger charge is 2.35. The lowest BCUT2D eigenvalue weighted by Crippen LogP contribution is -2.27. The first-order valence-electron chi connectivity index (χ1n) is 8.03. The van der Waals surface area contributed by atoms with Gasteiger partial charge in [-0.2, -0.15) is 13.2 Å². The molecule has 2 aromatic rings. The summed E-state index contributed by atoms with van der Waals surface area (Å²) in [6, 6.07) is 3.41. The first-order chi connectivity index (χ1) is 11.7. The number of nitrogens with one attached hydrogen (secondary N) is 2. The molecule has 1 aromatic carbocycles. The van der Waals surface area contributed by atoms with Crippen LogP contribution in [0.5, 0.6) is 0 Å². The molecule has 4 N–H and O–H groups in total. The van der Waals surface area contributed by atoms with Crippen LogP contribution in [0.15, 0.2) is 27.4 Å². The monoisotopic (exact) mass is 392 g/mol. The van der Waals surface area contributed by atoms with Gasteiger partial charge in [-0.1, -0.05) is 0 Å². The third kappa shape index (κ3) is 4.39. The van der Waals surface area contributed by atoms with E-state index in [0.717, 1.165) is 25.3 Å². The highest BCUT2D eigenvalue weighted by atomic mass is 35.5. The molecule has 0 amide bonds. The first-order valence-corrected chi connectivity index (χ1v) is 8.03. The molecule has 1 unspecified atom stereocenters. The largest absolute Gasteiger partial charge is 0.434 e. The Balaban J connectivity index is 0.00000243. The molecule has 0 spiro atoms. The van der Waals surface area contributed by atoms with Gasteiger partial charge in [0.05, 0.1) is 5.56 Å². The van der Waals surface area contributed by atoms with Gasteiger partial charge in [-0.25, -0.2) is 9.89 Å². The molecule has 3 atom stereocenters. The van der Waals surface area contributed by atoms with Crippen molar-refractivity contribution in [2.75, 3.05) is 5.32 Å². The second kappa shape index (κ2) is 7.71. The van der Waals surface area contributed by atoms with Crippen LogP contribution in [0.4, 0.5) is 18.9 Å². The highest BCUT2D eigenvalue weighted by Crippen LogP contribution is 2.38. The van der Waals surface area contributed by atoms with Gasteiger partial charge in [-0.15, -0.1) is 17.5 Å². The first kappa shape index (κ1) is 20.3. The van der Waals surface area contributed by atoms with E-state index in [1.54, 1.807) is 0 Å². The lowest BCUT2D eigenvalue weighted by Gasteiger charge is -2.24. The summed E-state index contributed by atoms with van der Waals surface area (Å²) < 4.78 is 44.8. The van der Waals surface area contributed by atoms with Gasteiger partial charge in [0.2, 0.25) is 5.89 Å². The third-order valence-electron chi connectivity index (χ3n) is 4.61. The van der Waals surface area contributed by atoms with Crippen LogP contribution in [0.2, 0.25) is 0 Å². The third-order valence-corrected chi connectivity index (χ3v) is 4.61. The summed E-state index contributed by atoms with van der Waals surface area (Å²) in [4.78, 5) is 11.1. The number of hydrogen-bond donors (Lipinski definition) is 3. The maximum Gasteiger partial charge on any atom is 0.434 e. The van der Waals surface area contributed by atoms with E-state index in [9.17, 15) is 18.0 Å². The minimum atomic E-state index is -4.50. The van der Waals surface area contributed by atoms with Crippen LogP contribution >= 0.6 is 12.4 Å². The van der Waals surface area contributed by atoms with Crippen molar-refractivity contribution < 1.29 is 17.6 Å². The SMILES string of the molecule is CC(Nc1cc(-c2n[nH]c(=O)o2)ccc1C(F)(F)F)[C@@H]1CC[C@H](N)C1.Cl. The molecular weight excluding hydrogens is 373 g/mol. The minimum absolute atomic E-state index is 0. The van der Waals surface area contributed by atoms with Crippen LogP contribution < -0.4 is 16.8 Å². The van der Waals surface area contributed by atoms with Crippen molar-refractivity contribution >= 4 is 18.1 Å². The zero-order valence-electron chi connectivity index (χ0n) is 14.0. The van der Waals surface area contributed by atoms with Crippen molar-refractivity contribution in [2.45, 2.75) is 44.4 Å². The van der Waals surface area contributed by atoms with Crippen molar-refractivity contribution in [3.05, 3.63) is 34.3 Å². The Labute approximate surface area is 153 Å². The number of H-pyrrole nitrogens is 1. The van der Waals surface area contributed by atoms with Crippen LogP contribution in [0.1, 0.15) is 31.7 Å². The Hall–Kier alpha value is -2.00. The van der Waals surface area contributed by atoms with Crippen molar-refractivity contribution in [2.24, 2.45) is 11.7 Å². The fourth-order valence-corrected chi connectivity index (χ4v) is 3.27. The summed E-state index contributed by atoms with van der Waals surface area (Å²) in [6.07, 6.45) is -1.96. The number of halogens is 4. The van der Waals surface area contributed by atoms with Gasteiger partial charge < -0.3 is 15.5 Å².